The third-order valence-electron chi connectivity index (χ3n) is 4.12. The number of nitrogens with zero attached hydrogens (tertiary/aromatic N) is 1. The topological polar surface area (TPSA) is 32.3 Å². The first-order valence-electron chi connectivity index (χ1n) is 7.68. The highest BCUT2D eigenvalue weighted by atomic mass is 35.5. The Bertz CT molecular complexity index is 670. The number of hydrogen-bond donors (Lipinski definition) is 1. The molecule has 2 aromatic carbocycles. The summed E-state index contributed by atoms with van der Waals surface area (Å²) < 4.78 is 0. The van der Waals surface area contributed by atoms with Gasteiger partial charge >= 0.3 is 0 Å². The number of likely N-dealkylation sites (tertiary alicyclic amines) is 1. The maximum atomic E-state index is 12.4. The molecule has 1 heterocycles. The van der Waals surface area contributed by atoms with E-state index in [0.29, 0.717) is 28.3 Å². The minimum absolute atomic E-state index is 0.0946. The van der Waals surface area contributed by atoms with Gasteiger partial charge in [0.25, 0.3) is 0 Å². The third-order valence-corrected chi connectivity index (χ3v) is 4.75. The van der Waals surface area contributed by atoms with Crippen molar-refractivity contribution in [2.45, 2.75) is 18.9 Å². The van der Waals surface area contributed by atoms with E-state index in [1.807, 2.05) is 18.2 Å². The standard InChI is InChI=1S/C18H18Cl2N2O/c19-14-8-4-9-15(20)18(14)21-17(23)12-22-11-5-10-16(22)13-6-2-1-3-7-13/h1-4,6-9,16H,5,10-12H2,(H,21,23). The highest BCUT2D eigenvalue weighted by molar-refractivity contribution is 6.39. The second-order valence-electron chi connectivity index (χ2n) is 5.68. The summed E-state index contributed by atoms with van der Waals surface area (Å²) in [7, 11) is 0. The second-order valence-corrected chi connectivity index (χ2v) is 6.50. The monoisotopic (exact) mass is 348 g/mol. The van der Waals surface area contributed by atoms with Gasteiger partial charge in [-0.3, -0.25) is 9.69 Å². The zero-order chi connectivity index (χ0) is 16.2. The summed E-state index contributed by atoms with van der Waals surface area (Å²) in [5.41, 5.74) is 1.74. The Balaban J connectivity index is 1.68. The van der Waals surface area contributed by atoms with Gasteiger partial charge in [-0.05, 0) is 37.1 Å². The zero-order valence-corrected chi connectivity index (χ0v) is 14.1. The van der Waals surface area contributed by atoms with Crippen molar-refractivity contribution in [3.8, 4) is 0 Å². The van der Waals surface area contributed by atoms with Gasteiger partial charge in [-0.15, -0.1) is 0 Å². The first-order chi connectivity index (χ1) is 11.1. The van der Waals surface area contributed by atoms with Crippen LogP contribution in [0.25, 0.3) is 0 Å². The lowest BCUT2D eigenvalue weighted by Gasteiger charge is -2.24. The first-order valence-corrected chi connectivity index (χ1v) is 8.43. The smallest absolute Gasteiger partial charge is 0.238 e. The van der Waals surface area contributed by atoms with Crippen molar-refractivity contribution in [2.75, 3.05) is 18.4 Å². The Hall–Kier alpha value is -1.55. The maximum Gasteiger partial charge on any atom is 0.238 e. The molecule has 0 bridgehead atoms. The Kier molecular flexibility index (Phi) is 5.21. The summed E-state index contributed by atoms with van der Waals surface area (Å²) >= 11 is 12.2. The molecule has 0 aliphatic carbocycles. The van der Waals surface area contributed by atoms with Crippen molar-refractivity contribution >= 4 is 34.8 Å². The van der Waals surface area contributed by atoms with Crippen molar-refractivity contribution in [1.29, 1.82) is 0 Å². The van der Waals surface area contributed by atoms with Gasteiger partial charge < -0.3 is 5.32 Å². The van der Waals surface area contributed by atoms with Gasteiger partial charge in [0.1, 0.15) is 0 Å². The number of halogens is 2. The van der Waals surface area contributed by atoms with Crippen LogP contribution in [0.15, 0.2) is 48.5 Å². The fourth-order valence-corrected chi connectivity index (χ4v) is 3.54. The number of anilines is 1. The van der Waals surface area contributed by atoms with Crippen LogP contribution in [0.1, 0.15) is 24.4 Å². The summed E-state index contributed by atoms with van der Waals surface area (Å²) in [6, 6.07) is 15.8. The minimum atomic E-state index is -0.0946. The lowest BCUT2D eigenvalue weighted by molar-refractivity contribution is -0.117. The molecule has 0 saturated carbocycles. The normalized spacial score (nSPS) is 18.1. The minimum Gasteiger partial charge on any atom is -0.322 e. The number of amides is 1. The van der Waals surface area contributed by atoms with E-state index in [0.717, 1.165) is 19.4 Å². The molecule has 5 heteroatoms. The molecule has 1 amide bonds. The molecular formula is C18H18Cl2N2O. The number of rotatable bonds is 4. The van der Waals surface area contributed by atoms with Crippen LogP contribution < -0.4 is 5.32 Å². The predicted molar refractivity (Wildman–Crippen MR) is 95.1 cm³/mol. The molecule has 120 valence electrons. The predicted octanol–water partition coefficient (Wildman–Crippen LogP) is 4.77. The number of nitrogens with one attached hydrogen (secondary N) is 1. The SMILES string of the molecule is O=C(CN1CCCC1c1ccccc1)Nc1c(Cl)cccc1Cl. The molecule has 1 N–H and O–H groups in total. The summed E-state index contributed by atoms with van der Waals surface area (Å²) in [4.78, 5) is 14.6. The van der Waals surface area contributed by atoms with E-state index in [4.69, 9.17) is 23.2 Å². The zero-order valence-electron chi connectivity index (χ0n) is 12.6. The average Bonchev–Trinajstić information content (AvgIpc) is 3.00. The Labute approximate surface area is 146 Å². The van der Waals surface area contributed by atoms with Crippen molar-refractivity contribution in [1.82, 2.24) is 4.90 Å². The quantitative estimate of drug-likeness (QED) is 0.862. The molecule has 1 aliphatic heterocycles. The van der Waals surface area contributed by atoms with Gasteiger partial charge in [-0.1, -0.05) is 59.6 Å². The van der Waals surface area contributed by atoms with E-state index in [-0.39, 0.29) is 5.91 Å². The molecule has 0 spiro atoms. The molecule has 0 radical (unpaired) electrons. The highest BCUT2D eigenvalue weighted by Gasteiger charge is 2.27. The molecule has 1 fully saturated rings. The lowest BCUT2D eigenvalue weighted by Crippen LogP contribution is -2.33. The van der Waals surface area contributed by atoms with Gasteiger partial charge in [0.05, 0.1) is 22.3 Å². The lowest BCUT2D eigenvalue weighted by atomic mass is 10.0. The number of hydrogen-bond acceptors (Lipinski definition) is 2. The van der Waals surface area contributed by atoms with Crippen LogP contribution in [0, 0.1) is 0 Å². The summed E-state index contributed by atoms with van der Waals surface area (Å²) in [5, 5.41) is 3.73. The van der Waals surface area contributed by atoms with Crippen molar-refractivity contribution in [2.24, 2.45) is 0 Å². The van der Waals surface area contributed by atoms with Crippen LogP contribution in [0.3, 0.4) is 0 Å². The largest absolute Gasteiger partial charge is 0.322 e. The van der Waals surface area contributed by atoms with E-state index < -0.39 is 0 Å². The number of para-hydroxylation sites is 1. The van der Waals surface area contributed by atoms with Crippen LogP contribution in [0.5, 0.6) is 0 Å². The molecule has 23 heavy (non-hydrogen) atoms. The Morgan fingerprint density at radius 1 is 1.09 bits per heavy atom. The van der Waals surface area contributed by atoms with Crippen molar-refractivity contribution < 1.29 is 4.79 Å². The van der Waals surface area contributed by atoms with Crippen molar-refractivity contribution in [3.05, 3.63) is 64.1 Å². The average molecular weight is 349 g/mol. The van der Waals surface area contributed by atoms with Gasteiger partial charge in [-0.2, -0.15) is 0 Å². The van der Waals surface area contributed by atoms with Gasteiger partial charge in [-0.25, -0.2) is 0 Å². The third kappa shape index (κ3) is 3.86. The summed E-state index contributed by atoms with van der Waals surface area (Å²) in [5.74, 6) is -0.0946. The van der Waals surface area contributed by atoms with E-state index in [2.05, 4.69) is 22.3 Å². The Morgan fingerprint density at radius 2 is 1.78 bits per heavy atom. The maximum absolute atomic E-state index is 12.4. The van der Waals surface area contributed by atoms with Crippen LogP contribution in [0.2, 0.25) is 10.0 Å². The molecular weight excluding hydrogens is 331 g/mol. The van der Waals surface area contributed by atoms with Gasteiger partial charge in [0.2, 0.25) is 5.91 Å². The molecule has 1 aliphatic rings. The van der Waals surface area contributed by atoms with Gasteiger partial charge in [0.15, 0.2) is 0 Å². The molecule has 1 unspecified atom stereocenters. The summed E-state index contributed by atoms with van der Waals surface area (Å²) in [6.45, 7) is 1.25. The van der Waals surface area contributed by atoms with Crippen LogP contribution >= 0.6 is 23.2 Å². The molecule has 3 rings (SSSR count). The van der Waals surface area contributed by atoms with Crippen molar-refractivity contribution in [3.63, 3.8) is 0 Å². The van der Waals surface area contributed by atoms with E-state index in [1.165, 1.54) is 5.56 Å². The number of carbonyl (C=O) groups is 1. The first kappa shape index (κ1) is 16.3. The molecule has 1 atom stereocenters. The van der Waals surface area contributed by atoms with E-state index in [9.17, 15) is 4.79 Å². The fraction of sp³-hybridized carbons (Fsp3) is 0.278. The van der Waals surface area contributed by atoms with E-state index in [1.54, 1.807) is 18.2 Å². The van der Waals surface area contributed by atoms with Crippen LogP contribution in [0.4, 0.5) is 5.69 Å². The number of carbonyl (C=O) groups excluding carboxylic acids is 1. The molecule has 2 aromatic rings. The van der Waals surface area contributed by atoms with Crippen LogP contribution in [-0.2, 0) is 4.79 Å². The fourth-order valence-electron chi connectivity index (χ4n) is 3.05. The highest BCUT2D eigenvalue weighted by Crippen LogP contribution is 2.32. The molecule has 3 nitrogen and oxygen atoms in total. The second kappa shape index (κ2) is 7.35. The van der Waals surface area contributed by atoms with Gasteiger partial charge in [0, 0.05) is 6.04 Å². The summed E-state index contributed by atoms with van der Waals surface area (Å²) in [6.07, 6.45) is 2.17. The van der Waals surface area contributed by atoms with E-state index >= 15 is 0 Å². The number of benzene rings is 2. The molecule has 0 aromatic heterocycles. The van der Waals surface area contributed by atoms with Crippen LogP contribution in [-0.4, -0.2) is 23.9 Å². The molecule has 1 saturated heterocycles. The Morgan fingerprint density at radius 3 is 2.48 bits per heavy atom.